The molecule has 1 N–H and O–H groups in total. The van der Waals surface area contributed by atoms with Crippen molar-refractivity contribution in [2.45, 2.75) is 26.3 Å². The number of pyridine rings is 1. The number of halogens is 2. The topological polar surface area (TPSA) is 24.9 Å². The van der Waals surface area contributed by atoms with Gasteiger partial charge in [0.2, 0.25) is 0 Å². The summed E-state index contributed by atoms with van der Waals surface area (Å²) < 4.78 is 13.8. The summed E-state index contributed by atoms with van der Waals surface area (Å²) in [4.78, 5) is 4.32. The van der Waals surface area contributed by atoms with E-state index < -0.39 is 0 Å². The Morgan fingerprint density at radius 3 is 2.63 bits per heavy atom. The van der Waals surface area contributed by atoms with Crippen molar-refractivity contribution in [3.8, 4) is 0 Å². The maximum atomic E-state index is 12.8. The molecule has 2 nitrogen and oxygen atoms in total. The average molecular weight is 323 g/mol. The third-order valence-corrected chi connectivity index (χ3v) is 3.92. The first kappa shape index (κ1) is 14.0. The van der Waals surface area contributed by atoms with Crippen LogP contribution in [-0.2, 0) is 6.42 Å². The summed E-state index contributed by atoms with van der Waals surface area (Å²) in [6, 6.07) is 8.78. The number of benzene rings is 1. The van der Waals surface area contributed by atoms with E-state index in [1.165, 1.54) is 12.1 Å². The third-order valence-electron chi connectivity index (χ3n) is 2.92. The van der Waals surface area contributed by atoms with E-state index in [1.807, 2.05) is 25.1 Å². The van der Waals surface area contributed by atoms with E-state index in [2.05, 4.69) is 33.2 Å². The lowest BCUT2D eigenvalue weighted by molar-refractivity contribution is 0.626. The van der Waals surface area contributed by atoms with Crippen molar-refractivity contribution in [1.29, 1.82) is 0 Å². The van der Waals surface area contributed by atoms with E-state index in [4.69, 9.17) is 0 Å². The molecule has 0 bridgehead atoms. The molecule has 4 heteroatoms. The lowest BCUT2D eigenvalue weighted by Crippen LogP contribution is -2.19. The zero-order valence-electron chi connectivity index (χ0n) is 11.0. The summed E-state index contributed by atoms with van der Waals surface area (Å²) in [5.41, 5.74) is 2.25. The van der Waals surface area contributed by atoms with Crippen LogP contribution in [-0.4, -0.2) is 11.0 Å². The van der Waals surface area contributed by atoms with Crippen LogP contribution in [0.15, 0.2) is 41.0 Å². The average Bonchev–Trinajstić information content (AvgIpc) is 2.38. The molecule has 1 unspecified atom stereocenters. The second-order valence-electron chi connectivity index (χ2n) is 4.67. The van der Waals surface area contributed by atoms with Gasteiger partial charge in [-0.15, -0.1) is 0 Å². The Bertz CT molecular complexity index is 555. The van der Waals surface area contributed by atoms with E-state index in [-0.39, 0.29) is 11.9 Å². The number of anilines is 1. The molecule has 0 radical (unpaired) electrons. The van der Waals surface area contributed by atoms with Crippen LogP contribution in [0.4, 0.5) is 10.2 Å². The van der Waals surface area contributed by atoms with Crippen LogP contribution in [0.3, 0.4) is 0 Å². The van der Waals surface area contributed by atoms with Gasteiger partial charge in [0.05, 0.1) is 4.47 Å². The molecule has 0 aliphatic heterocycles. The number of aryl methyl sites for hydroxylation is 1. The van der Waals surface area contributed by atoms with Gasteiger partial charge in [0.25, 0.3) is 0 Å². The molecule has 1 aromatic heterocycles. The highest BCUT2D eigenvalue weighted by Gasteiger charge is 2.08. The minimum atomic E-state index is -0.201. The number of hydrogen-bond acceptors (Lipinski definition) is 2. The van der Waals surface area contributed by atoms with Crippen molar-refractivity contribution in [2.24, 2.45) is 0 Å². The molecule has 19 heavy (non-hydrogen) atoms. The van der Waals surface area contributed by atoms with Crippen molar-refractivity contribution in [1.82, 2.24) is 4.98 Å². The Labute approximate surface area is 121 Å². The number of aromatic nitrogens is 1. The molecule has 2 aromatic rings. The molecule has 1 aromatic carbocycles. The third kappa shape index (κ3) is 3.77. The molecular formula is C15H16BrFN2. The van der Waals surface area contributed by atoms with Gasteiger partial charge in [-0.05, 0) is 65.5 Å². The summed E-state index contributed by atoms with van der Waals surface area (Å²) in [5.74, 6) is 0.641. The summed E-state index contributed by atoms with van der Waals surface area (Å²) >= 11 is 3.53. The Balaban J connectivity index is 2.03. The van der Waals surface area contributed by atoms with Crippen LogP contribution in [0.2, 0.25) is 0 Å². The Morgan fingerprint density at radius 2 is 1.95 bits per heavy atom. The highest BCUT2D eigenvalue weighted by molar-refractivity contribution is 9.10. The highest BCUT2D eigenvalue weighted by Crippen LogP contribution is 2.24. The number of rotatable bonds is 4. The standard InChI is InChI=1S/C15H16BrFN2/c1-10-7-8-18-15(14(10)16)19-11(2)9-12-3-5-13(17)6-4-12/h3-8,11H,9H2,1-2H3,(H,18,19). The van der Waals surface area contributed by atoms with Gasteiger partial charge >= 0.3 is 0 Å². The first-order chi connectivity index (χ1) is 9.06. The van der Waals surface area contributed by atoms with Gasteiger partial charge in [-0.3, -0.25) is 0 Å². The predicted molar refractivity (Wildman–Crippen MR) is 79.9 cm³/mol. The molecule has 2 rings (SSSR count). The van der Waals surface area contributed by atoms with Crippen LogP contribution < -0.4 is 5.32 Å². The van der Waals surface area contributed by atoms with Crippen molar-refractivity contribution in [3.63, 3.8) is 0 Å². The Hall–Kier alpha value is -1.42. The second-order valence-corrected chi connectivity index (χ2v) is 5.46. The summed E-state index contributed by atoms with van der Waals surface area (Å²) in [7, 11) is 0. The van der Waals surface area contributed by atoms with E-state index in [0.29, 0.717) is 0 Å². The number of nitrogens with zero attached hydrogens (tertiary/aromatic N) is 1. The fourth-order valence-electron chi connectivity index (χ4n) is 1.90. The molecule has 1 atom stereocenters. The molecule has 0 aliphatic rings. The molecule has 0 saturated carbocycles. The zero-order chi connectivity index (χ0) is 13.8. The minimum absolute atomic E-state index is 0.201. The molecule has 0 fully saturated rings. The molecule has 1 heterocycles. The summed E-state index contributed by atoms with van der Waals surface area (Å²) in [6.45, 7) is 4.11. The van der Waals surface area contributed by atoms with Gasteiger partial charge in [0, 0.05) is 12.2 Å². The van der Waals surface area contributed by atoms with E-state index in [9.17, 15) is 4.39 Å². The van der Waals surface area contributed by atoms with Gasteiger partial charge < -0.3 is 5.32 Å². The quantitative estimate of drug-likeness (QED) is 0.906. The minimum Gasteiger partial charge on any atom is -0.366 e. The fourth-order valence-corrected chi connectivity index (χ4v) is 2.25. The molecule has 0 saturated heterocycles. The smallest absolute Gasteiger partial charge is 0.140 e. The number of hydrogen-bond donors (Lipinski definition) is 1. The van der Waals surface area contributed by atoms with Crippen LogP contribution in [0, 0.1) is 12.7 Å². The van der Waals surface area contributed by atoms with Crippen LogP contribution in [0.25, 0.3) is 0 Å². The molecule has 0 spiro atoms. The van der Waals surface area contributed by atoms with Crippen molar-refractivity contribution < 1.29 is 4.39 Å². The van der Waals surface area contributed by atoms with Gasteiger partial charge in [0.1, 0.15) is 11.6 Å². The van der Waals surface area contributed by atoms with Crippen LogP contribution in [0.5, 0.6) is 0 Å². The predicted octanol–water partition coefficient (Wildman–Crippen LogP) is 4.33. The molecule has 0 aliphatic carbocycles. The van der Waals surface area contributed by atoms with Gasteiger partial charge in [-0.2, -0.15) is 0 Å². The lowest BCUT2D eigenvalue weighted by atomic mass is 10.1. The maximum absolute atomic E-state index is 12.8. The van der Waals surface area contributed by atoms with E-state index in [0.717, 1.165) is 27.8 Å². The normalized spacial score (nSPS) is 12.2. The maximum Gasteiger partial charge on any atom is 0.140 e. The van der Waals surface area contributed by atoms with Crippen molar-refractivity contribution >= 4 is 21.7 Å². The van der Waals surface area contributed by atoms with E-state index in [1.54, 1.807) is 6.20 Å². The Morgan fingerprint density at radius 1 is 1.26 bits per heavy atom. The van der Waals surface area contributed by atoms with E-state index >= 15 is 0 Å². The first-order valence-electron chi connectivity index (χ1n) is 6.18. The number of nitrogens with one attached hydrogen (secondary N) is 1. The van der Waals surface area contributed by atoms with Crippen molar-refractivity contribution in [3.05, 3.63) is 57.9 Å². The van der Waals surface area contributed by atoms with Crippen LogP contribution >= 0.6 is 15.9 Å². The molecular weight excluding hydrogens is 307 g/mol. The highest BCUT2D eigenvalue weighted by atomic mass is 79.9. The van der Waals surface area contributed by atoms with Crippen molar-refractivity contribution in [2.75, 3.05) is 5.32 Å². The summed E-state index contributed by atoms with van der Waals surface area (Å²) in [6.07, 6.45) is 2.61. The van der Waals surface area contributed by atoms with Crippen LogP contribution in [0.1, 0.15) is 18.1 Å². The first-order valence-corrected chi connectivity index (χ1v) is 6.97. The van der Waals surface area contributed by atoms with Gasteiger partial charge in [0.15, 0.2) is 0 Å². The molecule has 100 valence electrons. The molecule has 0 amide bonds. The largest absolute Gasteiger partial charge is 0.366 e. The van der Waals surface area contributed by atoms with Gasteiger partial charge in [-0.1, -0.05) is 12.1 Å². The zero-order valence-corrected chi connectivity index (χ0v) is 12.5. The lowest BCUT2D eigenvalue weighted by Gasteiger charge is -2.16. The Kier molecular flexibility index (Phi) is 4.53. The SMILES string of the molecule is Cc1ccnc(NC(C)Cc2ccc(F)cc2)c1Br. The fraction of sp³-hybridized carbons (Fsp3) is 0.267. The summed E-state index contributed by atoms with van der Waals surface area (Å²) in [5, 5.41) is 3.36. The monoisotopic (exact) mass is 322 g/mol. The second kappa shape index (κ2) is 6.15. The van der Waals surface area contributed by atoms with Gasteiger partial charge in [-0.25, -0.2) is 9.37 Å².